The molecule has 0 fully saturated rings. The minimum Gasteiger partial charge on any atom is -0.870 e. The van der Waals surface area contributed by atoms with Crippen molar-refractivity contribution in [3.8, 4) is 0 Å². The summed E-state index contributed by atoms with van der Waals surface area (Å²) in [4.78, 5) is 32.5. The molecule has 134 valence electrons. The van der Waals surface area contributed by atoms with E-state index in [0.29, 0.717) is 0 Å². The van der Waals surface area contributed by atoms with Crippen LogP contribution < -0.4 is 29.6 Å². The minimum atomic E-state index is 0. The standard InChI is InChI=1S/C9H8O.C8H6O.2CO2.Na.H2O/c1-7-2-3-9-8(6-7)4-5-10-9;1-2-4-8-7(3-1)5-6-9-8;2*2-1-3;;/h2-6H,1H3;1-6H;;;;1H2/q;;;;+1;/p-1. The fraction of sp³-hybridized carbons (Fsp3) is 0.0526. The third kappa shape index (κ3) is 9.49. The van der Waals surface area contributed by atoms with Crippen LogP contribution in [0.25, 0.3) is 21.9 Å². The Morgan fingerprint density at radius 1 is 0.704 bits per heavy atom. The van der Waals surface area contributed by atoms with Crippen molar-refractivity contribution in [1.82, 2.24) is 0 Å². The monoisotopic (exact) mass is 378 g/mol. The predicted octanol–water partition coefficient (Wildman–Crippen LogP) is 0.834. The molecule has 0 atom stereocenters. The average molecular weight is 378 g/mol. The van der Waals surface area contributed by atoms with Crippen LogP contribution in [-0.4, -0.2) is 17.8 Å². The Labute approximate surface area is 176 Å². The molecule has 0 aliphatic heterocycles. The van der Waals surface area contributed by atoms with Gasteiger partial charge in [-0.1, -0.05) is 29.8 Å². The van der Waals surface area contributed by atoms with Gasteiger partial charge < -0.3 is 14.3 Å². The maximum absolute atomic E-state index is 8.12. The van der Waals surface area contributed by atoms with E-state index in [9.17, 15) is 0 Å². The van der Waals surface area contributed by atoms with Crippen molar-refractivity contribution >= 4 is 34.2 Å². The van der Waals surface area contributed by atoms with Crippen molar-refractivity contribution in [3.63, 3.8) is 0 Å². The zero-order valence-corrected chi connectivity index (χ0v) is 16.7. The van der Waals surface area contributed by atoms with Crippen molar-refractivity contribution in [3.05, 3.63) is 72.7 Å². The number of furan rings is 2. The topological polar surface area (TPSA) is 125 Å². The van der Waals surface area contributed by atoms with Crippen LogP contribution in [0.3, 0.4) is 0 Å². The van der Waals surface area contributed by atoms with Crippen molar-refractivity contribution in [2.45, 2.75) is 6.92 Å². The third-order valence-electron chi connectivity index (χ3n) is 2.97. The van der Waals surface area contributed by atoms with Gasteiger partial charge in [0.2, 0.25) is 0 Å². The Balaban J connectivity index is 0. The molecule has 0 saturated carbocycles. The molecule has 0 aliphatic rings. The number of fused-ring (bicyclic) bond motifs is 2. The maximum Gasteiger partial charge on any atom is 1.00 e. The quantitative estimate of drug-likeness (QED) is 0.415. The van der Waals surface area contributed by atoms with Crippen LogP contribution in [0.15, 0.2) is 76.0 Å². The van der Waals surface area contributed by atoms with Gasteiger partial charge in [0, 0.05) is 10.8 Å². The predicted molar refractivity (Wildman–Crippen MR) is 89.1 cm³/mol. The average Bonchev–Trinajstić information content (AvgIpc) is 3.25. The largest absolute Gasteiger partial charge is 1.00 e. The number of aryl methyl sites for hydroxylation is 1. The van der Waals surface area contributed by atoms with E-state index in [4.69, 9.17) is 28.0 Å². The summed E-state index contributed by atoms with van der Waals surface area (Å²) in [7, 11) is 0. The molecule has 4 rings (SSSR count). The van der Waals surface area contributed by atoms with Gasteiger partial charge in [0.05, 0.1) is 12.5 Å². The van der Waals surface area contributed by atoms with E-state index in [2.05, 4.69) is 13.0 Å². The summed E-state index contributed by atoms with van der Waals surface area (Å²) in [5.41, 5.74) is 3.19. The molecule has 0 radical (unpaired) electrons. The smallest absolute Gasteiger partial charge is 0.870 e. The molecule has 27 heavy (non-hydrogen) atoms. The van der Waals surface area contributed by atoms with Crippen molar-refractivity contribution in [1.29, 1.82) is 0 Å². The Morgan fingerprint density at radius 2 is 1.19 bits per heavy atom. The van der Waals surface area contributed by atoms with E-state index in [1.165, 1.54) is 10.9 Å². The molecule has 0 unspecified atom stereocenters. The molecule has 0 spiro atoms. The summed E-state index contributed by atoms with van der Waals surface area (Å²) in [6.45, 7) is 2.08. The van der Waals surface area contributed by atoms with E-state index >= 15 is 0 Å². The molecule has 0 aliphatic carbocycles. The van der Waals surface area contributed by atoms with Gasteiger partial charge >= 0.3 is 41.9 Å². The van der Waals surface area contributed by atoms with Gasteiger partial charge in [-0.25, -0.2) is 0 Å². The zero-order valence-electron chi connectivity index (χ0n) is 14.7. The number of rotatable bonds is 0. The fourth-order valence-electron chi connectivity index (χ4n) is 1.99. The molecular formula is C19H15NaO7. The van der Waals surface area contributed by atoms with Gasteiger partial charge in [-0.3, -0.25) is 0 Å². The summed E-state index contributed by atoms with van der Waals surface area (Å²) in [6.07, 6.45) is 3.91. The second kappa shape index (κ2) is 15.5. The molecule has 0 bridgehead atoms. The molecule has 0 saturated heterocycles. The van der Waals surface area contributed by atoms with Gasteiger partial charge in [-0.15, -0.1) is 0 Å². The first-order chi connectivity index (χ1) is 12.2. The summed E-state index contributed by atoms with van der Waals surface area (Å²) in [5.74, 6) is 0. The van der Waals surface area contributed by atoms with Crippen LogP contribution >= 0.6 is 0 Å². The Morgan fingerprint density at radius 3 is 1.74 bits per heavy atom. The van der Waals surface area contributed by atoms with Crippen LogP contribution in [0.5, 0.6) is 0 Å². The van der Waals surface area contributed by atoms with E-state index in [-0.39, 0.29) is 47.3 Å². The first-order valence-corrected chi connectivity index (χ1v) is 7.01. The third-order valence-corrected chi connectivity index (χ3v) is 2.97. The Bertz CT molecular complexity index is 933. The number of para-hydroxylation sites is 1. The van der Waals surface area contributed by atoms with Crippen LogP contribution in [0.1, 0.15) is 5.56 Å². The fourth-order valence-corrected chi connectivity index (χ4v) is 1.99. The van der Waals surface area contributed by atoms with Crippen molar-refractivity contribution < 1.29 is 63.0 Å². The number of hydrogen-bond donors (Lipinski definition) is 0. The molecule has 2 heterocycles. The molecule has 0 amide bonds. The molecule has 8 heteroatoms. The first-order valence-electron chi connectivity index (χ1n) is 7.01. The molecule has 2 aromatic carbocycles. The van der Waals surface area contributed by atoms with Crippen LogP contribution in [0.2, 0.25) is 0 Å². The second-order valence-electron chi connectivity index (χ2n) is 4.59. The molecule has 1 N–H and O–H groups in total. The second-order valence-corrected chi connectivity index (χ2v) is 4.59. The van der Waals surface area contributed by atoms with Crippen LogP contribution in [0.4, 0.5) is 0 Å². The summed E-state index contributed by atoms with van der Waals surface area (Å²) >= 11 is 0. The van der Waals surface area contributed by atoms with E-state index in [1.54, 1.807) is 12.5 Å². The van der Waals surface area contributed by atoms with E-state index < -0.39 is 0 Å². The van der Waals surface area contributed by atoms with Gasteiger partial charge in [0.1, 0.15) is 11.2 Å². The minimum absolute atomic E-state index is 0. The SMILES string of the molecule is Cc1ccc2occc2c1.O=C=O.O=C=O.[Na+].[OH-].c1ccc2occc2c1. The van der Waals surface area contributed by atoms with Crippen LogP contribution in [0, 0.1) is 6.92 Å². The van der Waals surface area contributed by atoms with Crippen LogP contribution in [-0.2, 0) is 19.2 Å². The Kier molecular flexibility index (Phi) is 15.2. The zero-order chi connectivity index (χ0) is 18.5. The van der Waals surface area contributed by atoms with Crippen molar-refractivity contribution in [2.24, 2.45) is 0 Å². The van der Waals surface area contributed by atoms with Gasteiger partial charge in [-0.05, 0) is 37.3 Å². The molecule has 7 nitrogen and oxygen atoms in total. The van der Waals surface area contributed by atoms with E-state index in [0.717, 1.165) is 16.6 Å². The summed E-state index contributed by atoms with van der Waals surface area (Å²) in [6, 6.07) is 18.0. The summed E-state index contributed by atoms with van der Waals surface area (Å²) in [5, 5.41) is 2.34. The molecule has 4 aromatic rings. The molecule has 2 aromatic heterocycles. The normalized spacial score (nSPS) is 7.89. The summed E-state index contributed by atoms with van der Waals surface area (Å²) < 4.78 is 10.3. The van der Waals surface area contributed by atoms with E-state index in [1.807, 2.05) is 48.5 Å². The van der Waals surface area contributed by atoms with Gasteiger partial charge in [-0.2, -0.15) is 19.2 Å². The number of carbonyl (C=O) groups excluding carboxylic acids is 4. The van der Waals surface area contributed by atoms with Gasteiger partial charge in [0.15, 0.2) is 0 Å². The van der Waals surface area contributed by atoms with Gasteiger partial charge in [0.25, 0.3) is 0 Å². The number of hydrogen-bond acceptors (Lipinski definition) is 7. The number of benzene rings is 2. The first kappa shape index (κ1) is 26.5. The Hall–Kier alpha value is -2.76. The maximum atomic E-state index is 8.12. The molecular weight excluding hydrogens is 363 g/mol. The van der Waals surface area contributed by atoms with Crippen molar-refractivity contribution in [2.75, 3.05) is 0 Å².